The van der Waals surface area contributed by atoms with Crippen molar-refractivity contribution in [2.24, 2.45) is 5.73 Å². The van der Waals surface area contributed by atoms with E-state index in [4.69, 9.17) is 15.2 Å². The van der Waals surface area contributed by atoms with E-state index in [1.54, 1.807) is 18.2 Å². The summed E-state index contributed by atoms with van der Waals surface area (Å²) in [5.74, 6) is 0.929. The van der Waals surface area contributed by atoms with Gasteiger partial charge in [-0.3, -0.25) is 4.79 Å². The van der Waals surface area contributed by atoms with Gasteiger partial charge < -0.3 is 25.1 Å². The van der Waals surface area contributed by atoms with E-state index in [1.165, 1.54) is 7.11 Å². The molecule has 6 nitrogen and oxygen atoms in total. The third-order valence-electron chi connectivity index (χ3n) is 3.22. The number of fused-ring (bicyclic) bond motifs is 1. The number of hydrogen-bond donors (Lipinski definition) is 2. The lowest BCUT2D eigenvalue weighted by Crippen LogP contribution is -2.29. The maximum atomic E-state index is 11.1. The Morgan fingerprint density at radius 1 is 1.40 bits per heavy atom. The third kappa shape index (κ3) is 3.40. The summed E-state index contributed by atoms with van der Waals surface area (Å²) in [5.41, 5.74) is 6.54. The number of aliphatic hydroxyl groups excluding tert-OH is 1. The van der Waals surface area contributed by atoms with E-state index in [-0.39, 0.29) is 12.4 Å². The topological polar surface area (TPSA) is 91.0 Å². The Bertz CT molecular complexity index is 477. The molecule has 0 aromatic heterocycles. The van der Waals surface area contributed by atoms with E-state index in [0.29, 0.717) is 36.7 Å². The van der Waals surface area contributed by atoms with Gasteiger partial charge in [0.2, 0.25) is 0 Å². The van der Waals surface area contributed by atoms with E-state index in [0.717, 1.165) is 0 Å². The third-order valence-corrected chi connectivity index (χ3v) is 3.22. The number of carbonyl (C=O) groups excluding carboxylic acids is 1. The molecule has 0 amide bonds. The highest BCUT2D eigenvalue weighted by molar-refractivity contribution is 5.69. The van der Waals surface area contributed by atoms with Crippen LogP contribution in [0.5, 0.6) is 11.5 Å². The zero-order chi connectivity index (χ0) is 14.5. The van der Waals surface area contributed by atoms with Crippen LogP contribution in [0, 0.1) is 0 Å². The molecule has 110 valence electrons. The molecule has 0 bridgehead atoms. The van der Waals surface area contributed by atoms with Crippen LogP contribution in [0.25, 0.3) is 0 Å². The number of methoxy groups -OCH3 is 1. The number of aliphatic hydroxyl groups is 1. The van der Waals surface area contributed by atoms with Gasteiger partial charge in [0.25, 0.3) is 0 Å². The molecule has 0 fully saturated rings. The number of ether oxygens (including phenoxy) is 3. The summed E-state index contributed by atoms with van der Waals surface area (Å²) in [5, 5.41) is 10.2. The summed E-state index contributed by atoms with van der Waals surface area (Å²) in [4.78, 5) is 11.1. The number of rotatable bonds is 5. The van der Waals surface area contributed by atoms with Crippen molar-refractivity contribution in [1.82, 2.24) is 0 Å². The van der Waals surface area contributed by atoms with Gasteiger partial charge in [-0.2, -0.15) is 0 Å². The molecule has 1 aromatic rings. The minimum absolute atomic E-state index is 0.180. The number of esters is 1. The van der Waals surface area contributed by atoms with Crippen molar-refractivity contribution in [3.63, 3.8) is 0 Å². The molecule has 0 radical (unpaired) electrons. The van der Waals surface area contributed by atoms with Gasteiger partial charge in [-0.1, -0.05) is 6.07 Å². The fraction of sp³-hybridized carbons (Fsp3) is 0.500. The van der Waals surface area contributed by atoms with Crippen molar-refractivity contribution in [3.8, 4) is 11.5 Å². The molecule has 0 aliphatic carbocycles. The molecule has 0 saturated carbocycles. The summed E-state index contributed by atoms with van der Waals surface area (Å²) in [6.45, 7) is 1.01. The van der Waals surface area contributed by atoms with Crippen molar-refractivity contribution in [2.45, 2.75) is 25.0 Å². The van der Waals surface area contributed by atoms with Gasteiger partial charge in [0.05, 0.1) is 13.2 Å². The number of hydrogen-bond acceptors (Lipinski definition) is 6. The quantitative estimate of drug-likeness (QED) is 0.775. The van der Waals surface area contributed by atoms with Crippen LogP contribution in [0.3, 0.4) is 0 Å². The maximum Gasteiger partial charge on any atom is 0.305 e. The molecule has 0 spiro atoms. The van der Waals surface area contributed by atoms with E-state index in [2.05, 4.69) is 4.74 Å². The highest BCUT2D eigenvalue weighted by Crippen LogP contribution is 2.33. The highest BCUT2D eigenvalue weighted by Gasteiger charge is 2.21. The molecule has 6 heteroatoms. The number of carbonyl (C=O) groups is 1. The molecular formula is C14H19NO5. The lowest BCUT2D eigenvalue weighted by atomic mass is 9.99. The summed E-state index contributed by atoms with van der Waals surface area (Å²) < 4.78 is 15.4. The monoisotopic (exact) mass is 281 g/mol. The SMILES string of the molecule is COC(=O)CCC(N)C(O)c1ccc2c(c1)OCCO2. The summed E-state index contributed by atoms with van der Waals surface area (Å²) in [7, 11) is 1.32. The Hall–Kier alpha value is -1.79. The van der Waals surface area contributed by atoms with Crippen LogP contribution in [0.1, 0.15) is 24.5 Å². The molecule has 2 unspecified atom stereocenters. The molecule has 2 atom stereocenters. The predicted molar refractivity (Wildman–Crippen MR) is 71.6 cm³/mol. The Balaban J connectivity index is 2.01. The van der Waals surface area contributed by atoms with Crippen molar-refractivity contribution in [2.75, 3.05) is 20.3 Å². The van der Waals surface area contributed by atoms with Gasteiger partial charge >= 0.3 is 5.97 Å². The van der Waals surface area contributed by atoms with Crippen molar-refractivity contribution in [1.29, 1.82) is 0 Å². The minimum atomic E-state index is -0.865. The van der Waals surface area contributed by atoms with Crippen LogP contribution in [-0.4, -0.2) is 37.4 Å². The first-order valence-electron chi connectivity index (χ1n) is 6.52. The standard InChI is InChI=1S/C14H19NO5/c1-18-13(16)5-3-10(15)14(17)9-2-4-11-12(8-9)20-7-6-19-11/h2,4,8,10,14,17H,3,5-7,15H2,1H3. The smallest absolute Gasteiger partial charge is 0.305 e. The highest BCUT2D eigenvalue weighted by atomic mass is 16.6. The Kier molecular flexibility index (Phi) is 4.81. The van der Waals surface area contributed by atoms with Crippen LogP contribution >= 0.6 is 0 Å². The van der Waals surface area contributed by atoms with Crippen LogP contribution in [-0.2, 0) is 9.53 Å². The fourth-order valence-corrected chi connectivity index (χ4v) is 2.04. The molecule has 2 rings (SSSR count). The second kappa shape index (κ2) is 6.58. The summed E-state index contributed by atoms with van der Waals surface area (Å²) in [6.07, 6.45) is -0.336. The molecule has 1 aliphatic heterocycles. The van der Waals surface area contributed by atoms with Crippen LogP contribution < -0.4 is 15.2 Å². The van der Waals surface area contributed by atoms with Gasteiger partial charge in [-0.25, -0.2) is 0 Å². The molecule has 1 heterocycles. The second-order valence-corrected chi connectivity index (χ2v) is 4.63. The molecule has 3 N–H and O–H groups in total. The van der Waals surface area contributed by atoms with Gasteiger partial charge in [0.15, 0.2) is 11.5 Å². The van der Waals surface area contributed by atoms with Gasteiger partial charge in [-0.15, -0.1) is 0 Å². The van der Waals surface area contributed by atoms with E-state index in [9.17, 15) is 9.90 Å². The fourth-order valence-electron chi connectivity index (χ4n) is 2.04. The van der Waals surface area contributed by atoms with Crippen molar-refractivity contribution < 1.29 is 24.1 Å². The Morgan fingerprint density at radius 2 is 2.10 bits per heavy atom. The zero-order valence-corrected chi connectivity index (χ0v) is 11.4. The first-order valence-corrected chi connectivity index (χ1v) is 6.52. The lowest BCUT2D eigenvalue weighted by Gasteiger charge is -2.22. The number of nitrogens with two attached hydrogens (primary N) is 1. The first kappa shape index (κ1) is 14.6. The molecule has 20 heavy (non-hydrogen) atoms. The van der Waals surface area contributed by atoms with E-state index in [1.807, 2.05) is 0 Å². The average Bonchev–Trinajstić information content (AvgIpc) is 2.50. The normalized spacial score (nSPS) is 16.4. The average molecular weight is 281 g/mol. The van der Waals surface area contributed by atoms with E-state index >= 15 is 0 Å². The molecular weight excluding hydrogens is 262 g/mol. The Morgan fingerprint density at radius 3 is 2.80 bits per heavy atom. The summed E-state index contributed by atoms with van der Waals surface area (Å²) in [6, 6.07) is 4.67. The zero-order valence-electron chi connectivity index (χ0n) is 11.4. The van der Waals surface area contributed by atoms with Crippen LogP contribution in [0.15, 0.2) is 18.2 Å². The van der Waals surface area contributed by atoms with Crippen molar-refractivity contribution in [3.05, 3.63) is 23.8 Å². The maximum absolute atomic E-state index is 11.1. The Labute approximate surface area is 117 Å². The molecule has 0 saturated heterocycles. The number of benzene rings is 1. The largest absolute Gasteiger partial charge is 0.486 e. The van der Waals surface area contributed by atoms with E-state index < -0.39 is 12.1 Å². The lowest BCUT2D eigenvalue weighted by molar-refractivity contribution is -0.140. The van der Waals surface area contributed by atoms with Gasteiger partial charge in [-0.05, 0) is 24.1 Å². The van der Waals surface area contributed by atoms with Gasteiger partial charge in [0, 0.05) is 12.5 Å². The molecule has 1 aliphatic rings. The summed E-state index contributed by atoms with van der Waals surface area (Å²) >= 11 is 0. The van der Waals surface area contributed by atoms with Crippen LogP contribution in [0.4, 0.5) is 0 Å². The molecule has 1 aromatic carbocycles. The van der Waals surface area contributed by atoms with Crippen LogP contribution in [0.2, 0.25) is 0 Å². The second-order valence-electron chi connectivity index (χ2n) is 4.63. The van der Waals surface area contributed by atoms with Crippen molar-refractivity contribution >= 4 is 5.97 Å². The predicted octanol–water partition coefficient (Wildman–Crippen LogP) is 0.772. The first-order chi connectivity index (χ1) is 9.61. The van der Waals surface area contributed by atoms with Gasteiger partial charge in [0.1, 0.15) is 13.2 Å². The minimum Gasteiger partial charge on any atom is -0.486 e.